The van der Waals surface area contributed by atoms with Crippen molar-refractivity contribution in [2.24, 2.45) is 0 Å². The number of urea groups is 1. The van der Waals surface area contributed by atoms with Crippen LogP contribution in [0.25, 0.3) is 16.1 Å². The van der Waals surface area contributed by atoms with Crippen LogP contribution in [0.4, 0.5) is 21.4 Å². The molecule has 1 fully saturated rings. The second-order valence-electron chi connectivity index (χ2n) is 12.3. The summed E-state index contributed by atoms with van der Waals surface area (Å²) in [6.45, 7) is 11.0. The molecule has 3 aromatic heterocycles. The Morgan fingerprint density at radius 3 is 2.41 bits per heavy atom. The van der Waals surface area contributed by atoms with E-state index >= 15 is 0 Å². The summed E-state index contributed by atoms with van der Waals surface area (Å²) >= 11 is 1.50. The van der Waals surface area contributed by atoms with E-state index in [0.717, 1.165) is 57.5 Å². The molecule has 236 valence electrons. The average molecular weight is 637 g/mol. The van der Waals surface area contributed by atoms with Gasteiger partial charge in [-0.15, -0.1) is 0 Å². The van der Waals surface area contributed by atoms with Crippen LogP contribution in [0.15, 0.2) is 67.1 Å². The Kier molecular flexibility index (Phi) is 8.55. The lowest BCUT2D eigenvalue weighted by Crippen LogP contribution is -2.34. The van der Waals surface area contributed by atoms with Crippen molar-refractivity contribution in [1.29, 1.82) is 0 Å². The topological polar surface area (TPSA) is 127 Å². The smallest absolute Gasteiger partial charge is 0.324 e. The minimum absolute atomic E-state index is 0.132. The van der Waals surface area contributed by atoms with E-state index in [1.54, 1.807) is 15.8 Å². The SMILES string of the molecule is Cc1ccc(C)c(-n2nc(C(C)(C)C)cc2NC(=O)Nc2cnc(Oc3ccc(-c4cnc(N5CCCCC5=O)s4)cc3)nc2)c1. The molecule has 1 aliphatic heterocycles. The molecule has 1 saturated heterocycles. The first-order valence-electron chi connectivity index (χ1n) is 15.2. The number of carbonyl (C=O) groups excluding carboxylic acids is 2. The van der Waals surface area contributed by atoms with Crippen molar-refractivity contribution in [1.82, 2.24) is 24.7 Å². The molecule has 4 heterocycles. The molecule has 0 saturated carbocycles. The Bertz CT molecular complexity index is 1870. The number of piperidine rings is 1. The number of anilines is 3. The quantitative estimate of drug-likeness (QED) is 0.188. The number of hydrogen-bond donors (Lipinski definition) is 2. The van der Waals surface area contributed by atoms with Crippen molar-refractivity contribution < 1.29 is 14.3 Å². The van der Waals surface area contributed by atoms with E-state index in [4.69, 9.17) is 9.84 Å². The number of carbonyl (C=O) groups is 2. The summed E-state index contributed by atoms with van der Waals surface area (Å²) in [5.74, 6) is 1.25. The van der Waals surface area contributed by atoms with Crippen LogP contribution in [-0.4, -0.2) is 43.2 Å². The van der Waals surface area contributed by atoms with E-state index in [1.165, 1.54) is 23.7 Å². The summed E-state index contributed by atoms with van der Waals surface area (Å²) in [5.41, 5.74) is 5.06. The highest BCUT2D eigenvalue weighted by Gasteiger charge is 2.24. The fourth-order valence-corrected chi connectivity index (χ4v) is 5.97. The highest BCUT2D eigenvalue weighted by molar-refractivity contribution is 7.19. The lowest BCUT2D eigenvalue weighted by Gasteiger charge is -2.23. The van der Waals surface area contributed by atoms with E-state index in [1.807, 2.05) is 62.4 Å². The molecule has 1 aliphatic rings. The molecule has 6 rings (SSSR count). The van der Waals surface area contributed by atoms with Gasteiger partial charge in [0, 0.05) is 30.6 Å². The van der Waals surface area contributed by atoms with Gasteiger partial charge in [-0.2, -0.15) is 5.10 Å². The summed E-state index contributed by atoms with van der Waals surface area (Å²) in [7, 11) is 0. The van der Waals surface area contributed by atoms with Gasteiger partial charge in [-0.25, -0.2) is 24.4 Å². The second kappa shape index (κ2) is 12.7. The molecule has 12 heteroatoms. The lowest BCUT2D eigenvalue weighted by atomic mass is 9.92. The largest absolute Gasteiger partial charge is 0.424 e. The van der Waals surface area contributed by atoms with Crippen LogP contribution in [-0.2, 0) is 10.2 Å². The molecule has 11 nitrogen and oxygen atoms in total. The molecule has 0 bridgehead atoms. The van der Waals surface area contributed by atoms with Gasteiger partial charge in [0.25, 0.3) is 0 Å². The molecular weight excluding hydrogens is 600 g/mol. The third kappa shape index (κ3) is 6.91. The number of nitrogens with zero attached hydrogens (tertiary/aromatic N) is 6. The van der Waals surface area contributed by atoms with Crippen LogP contribution >= 0.6 is 11.3 Å². The molecule has 5 aromatic rings. The van der Waals surface area contributed by atoms with Crippen molar-refractivity contribution in [3.63, 3.8) is 0 Å². The number of nitrogens with one attached hydrogen (secondary N) is 2. The molecule has 0 spiro atoms. The summed E-state index contributed by atoms with van der Waals surface area (Å²) in [6.07, 6.45) is 7.28. The van der Waals surface area contributed by atoms with E-state index in [0.29, 0.717) is 23.7 Å². The van der Waals surface area contributed by atoms with Crippen LogP contribution in [0.1, 0.15) is 56.9 Å². The molecule has 3 amide bonds. The Labute approximate surface area is 271 Å². The first-order valence-corrected chi connectivity index (χ1v) is 16.0. The van der Waals surface area contributed by atoms with Crippen LogP contribution in [0.3, 0.4) is 0 Å². The van der Waals surface area contributed by atoms with Crippen LogP contribution in [0.5, 0.6) is 11.8 Å². The van der Waals surface area contributed by atoms with Gasteiger partial charge in [-0.1, -0.05) is 44.2 Å². The normalized spacial score (nSPS) is 13.5. The number of rotatable bonds is 7. The van der Waals surface area contributed by atoms with Crippen molar-refractivity contribution in [3.8, 4) is 27.9 Å². The zero-order valence-electron chi connectivity index (χ0n) is 26.5. The summed E-state index contributed by atoms with van der Waals surface area (Å²) in [6, 6.07) is 15.2. The predicted octanol–water partition coefficient (Wildman–Crippen LogP) is 7.65. The van der Waals surface area contributed by atoms with Crippen molar-refractivity contribution in [3.05, 3.63) is 83.9 Å². The van der Waals surface area contributed by atoms with Gasteiger partial charge >= 0.3 is 12.0 Å². The summed E-state index contributed by atoms with van der Waals surface area (Å²) in [4.78, 5) is 41.0. The Morgan fingerprint density at radius 1 is 0.935 bits per heavy atom. The zero-order chi connectivity index (χ0) is 32.4. The third-order valence-corrected chi connectivity index (χ3v) is 8.66. The average Bonchev–Trinajstić information content (AvgIpc) is 3.68. The van der Waals surface area contributed by atoms with Crippen molar-refractivity contribution >= 4 is 39.9 Å². The van der Waals surface area contributed by atoms with Crippen molar-refractivity contribution in [2.75, 3.05) is 22.1 Å². The minimum atomic E-state index is -0.448. The molecule has 0 atom stereocenters. The fourth-order valence-electron chi connectivity index (χ4n) is 5.00. The Morgan fingerprint density at radius 2 is 1.70 bits per heavy atom. The summed E-state index contributed by atoms with van der Waals surface area (Å²) in [5, 5.41) is 11.3. The second-order valence-corrected chi connectivity index (χ2v) is 13.3. The summed E-state index contributed by atoms with van der Waals surface area (Å²) < 4.78 is 7.60. The highest BCUT2D eigenvalue weighted by Crippen LogP contribution is 2.34. The van der Waals surface area contributed by atoms with Crippen LogP contribution < -0.4 is 20.3 Å². The van der Waals surface area contributed by atoms with Crippen LogP contribution in [0, 0.1) is 13.8 Å². The number of amides is 3. The predicted molar refractivity (Wildman–Crippen MR) is 180 cm³/mol. The van der Waals surface area contributed by atoms with Gasteiger partial charge in [0.1, 0.15) is 11.6 Å². The first-order chi connectivity index (χ1) is 22.0. The minimum Gasteiger partial charge on any atom is -0.424 e. The van der Waals surface area contributed by atoms with Gasteiger partial charge in [0.05, 0.1) is 34.3 Å². The molecule has 0 unspecified atom stereocenters. The zero-order valence-corrected chi connectivity index (χ0v) is 27.3. The Hall–Kier alpha value is -5.10. The Balaban J connectivity index is 1.09. The lowest BCUT2D eigenvalue weighted by molar-refractivity contribution is -0.119. The standard InChI is InChI=1S/C34H36N8O3S/c1-21-9-10-22(2)26(16-21)42-29(17-28(40-42)34(3,4)5)39-31(44)38-24-18-35-32(36-19-24)45-25-13-11-23(12-14-25)27-20-37-33(46-27)41-15-7-6-8-30(41)43/h9-14,16-20H,6-8,15H2,1-5H3,(H2,38,39,44). The maximum atomic E-state index is 13.0. The fraction of sp³-hybridized carbons (Fsp3) is 0.294. The number of aromatic nitrogens is 5. The number of thiazole rings is 1. The number of ether oxygens (including phenoxy) is 1. The van der Waals surface area contributed by atoms with E-state index in [2.05, 4.69) is 46.4 Å². The van der Waals surface area contributed by atoms with Gasteiger partial charge < -0.3 is 10.1 Å². The van der Waals surface area contributed by atoms with Gasteiger partial charge in [0.15, 0.2) is 5.13 Å². The maximum Gasteiger partial charge on any atom is 0.324 e. The highest BCUT2D eigenvalue weighted by atomic mass is 32.1. The van der Waals surface area contributed by atoms with E-state index in [-0.39, 0.29) is 17.3 Å². The number of aryl methyl sites for hydroxylation is 2. The molecule has 0 radical (unpaired) electrons. The van der Waals surface area contributed by atoms with E-state index in [9.17, 15) is 9.59 Å². The first kappa shape index (κ1) is 30.9. The molecule has 2 N–H and O–H groups in total. The van der Waals surface area contributed by atoms with Gasteiger partial charge in [0.2, 0.25) is 5.91 Å². The van der Waals surface area contributed by atoms with Gasteiger partial charge in [-0.05, 0) is 73.7 Å². The van der Waals surface area contributed by atoms with Gasteiger partial charge in [-0.3, -0.25) is 15.0 Å². The molecular formula is C34H36N8O3S. The number of benzene rings is 2. The van der Waals surface area contributed by atoms with E-state index < -0.39 is 6.03 Å². The number of hydrogen-bond acceptors (Lipinski definition) is 8. The molecule has 2 aromatic carbocycles. The van der Waals surface area contributed by atoms with Crippen molar-refractivity contribution in [2.45, 2.75) is 59.3 Å². The molecule has 0 aliphatic carbocycles. The monoisotopic (exact) mass is 636 g/mol. The van der Waals surface area contributed by atoms with Crippen LogP contribution in [0.2, 0.25) is 0 Å². The molecule has 46 heavy (non-hydrogen) atoms. The maximum absolute atomic E-state index is 13.0. The third-order valence-electron chi connectivity index (χ3n) is 7.59.